The van der Waals surface area contributed by atoms with Crippen LogP contribution in [0.25, 0.3) is 0 Å². The van der Waals surface area contributed by atoms with E-state index in [-0.39, 0.29) is 18.1 Å². The summed E-state index contributed by atoms with van der Waals surface area (Å²) in [4.78, 5) is 14.9. The average Bonchev–Trinajstić information content (AvgIpc) is 3.23. The van der Waals surface area contributed by atoms with Gasteiger partial charge < -0.3 is 5.32 Å². The number of carbonyl (C=O) groups excluding carboxylic acids is 1. The first-order valence-electron chi connectivity index (χ1n) is 6.77. The zero-order chi connectivity index (χ0) is 16.1. The van der Waals surface area contributed by atoms with Crippen molar-refractivity contribution >= 4 is 11.7 Å². The molecule has 0 aromatic carbocycles. The normalized spacial score (nSPS) is 31.8. The van der Waals surface area contributed by atoms with Gasteiger partial charge in [0.25, 0.3) is 0 Å². The Morgan fingerprint density at radius 2 is 1.91 bits per heavy atom. The highest BCUT2D eigenvalue weighted by molar-refractivity contribution is 6.03. The molecule has 22 heavy (non-hydrogen) atoms. The molecule has 1 aliphatic heterocycles. The van der Waals surface area contributed by atoms with Gasteiger partial charge in [-0.1, -0.05) is 11.8 Å². The molecule has 3 rings (SSSR count). The molecule has 8 heteroatoms. The van der Waals surface area contributed by atoms with Crippen LogP contribution >= 0.6 is 0 Å². The summed E-state index contributed by atoms with van der Waals surface area (Å²) in [5.41, 5.74) is -3.48. The van der Waals surface area contributed by atoms with Gasteiger partial charge in [0.05, 0.1) is 5.92 Å². The number of halogens is 5. The summed E-state index contributed by atoms with van der Waals surface area (Å²) in [6, 6.07) is -1.23. The maximum Gasteiger partial charge on any atom is 0.424 e. The van der Waals surface area contributed by atoms with Crippen LogP contribution in [0, 0.1) is 23.7 Å². The summed E-state index contributed by atoms with van der Waals surface area (Å²) in [5.74, 6) is -0.643. The molecule has 0 aromatic rings. The lowest BCUT2D eigenvalue weighted by Gasteiger charge is -2.41. The number of nitrogens with zero attached hydrogens (tertiary/aromatic N) is 1. The van der Waals surface area contributed by atoms with Gasteiger partial charge in [-0.25, -0.2) is 18.6 Å². The van der Waals surface area contributed by atoms with Crippen LogP contribution in [0.3, 0.4) is 0 Å². The Kier molecular flexibility index (Phi) is 3.27. The van der Waals surface area contributed by atoms with E-state index in [0.717, 1.165) is 0 Å². The smallest absolute Gasteiger partial charge is 0.311 e. The van der Waals surface area contributed by atoms with E-state index < -0.39 is 41.7 Å². The number of hydrogen-bond donors (Lipinski definition) is 1. The fourth-order valence-electron chi connectivity index (χ4n) is 2.62. The number of urea groups is 1. The lowest BCUT2D eigenvalue weighted by molar-refractivity contribution is -0.183. The SMILES string of the molecule is O=C1N=C2CCC(F)=C(F)C2C(C#CC2CC2)(C(F)(F)F)N1. The van der Waals surface area contributed by atoms with Gasteiger partial charge in [0.2, 0.25) is 5.54 Å². The van der Waals surface area contributed by atoms with Gasteiger partial charge in [-0.05, 0) is 19.3 Å². The zero-order valence-corrected chi connectivity index (χ0v) is 11.2. The van der Waals surface area contributed by atoms with Crippen molar-refractivity contribution in [3.05, 3.63) is 11.7 Å². The number of carbonyl (C=O) groups is 1. The highest BCUT2D eigenvalue weighted by atomic mass is 19.4. The van der Waals surface area contributed by atoms with Crippen LogP contribution in [-0.2, 0) is 0 Å². The Morgan fingerprint density at radius 1 is 1.23 bits per heavy atom. The first-order valence-corrected chi connectivity index (χ1v) is 6.77. The van der Waals surface area contributed by atoms with Crippen molar-refractivity contribution in [1.82, 2.24) is 5.32 Å². The summed E-state index contributed by atoms with van der Waals surface area (Å²) in [6.07, 6.45) is -4.38. The third-order valence-electron chi connectivity index (χ3n) is 3.93. The Balaban J connectivity index is 2.18. The third kappa shape index (κ3) is 2.28. The molecule has 0 saturated heterocycles. The van der Waals surface area contributed by atoms with E-state index in [1.54, 1.807) is 5.32 Å². The monoisotopic (exact) mass is 318 g/mol. The molecular weight excluding hydrogens is 307 g/mol. The standard InChI is InChI=1S/C14H11F5N2O/c15-8-3-4-9-10(11(8)16)13(14(17,18)19,21-12(22)20-9)6-5-7-1-2-7/h7,10H,1-4H2,(H,21,22). The van der Waals surface area contributed by atoms with Crippen molar-refractivity contribution in [1.29, 1.82) is 0 Å². The van der Waals surface area contributed by atoms with Crippen LogP contribution < -0.4 is 5.32 Å². The number of allylic oxidation sites excluding steroid dienone is 1. The van der Waals surface area contributed by atoms with E-state index in [9.17, 15) is 26.7 Å². The van der Waals surface area contributed by atoms with E-state index in [4.69, 9.17) is 0 Å². The molecule has 1 saturated carbocycles. The van der Waals surface area contributed by atoms with Crippen LogP contribution in [0.2, 0.25) is 0 Å². The van der Waals surface area contributed by atoms with Gasteiger partial charge >= 0.3 is 12.2 Å². The minimum atomic E-state index is -5.06. The number of rotatable bonds is 0. The highest BCUT2D eigenvalue weighted by Crippen LogP contribution is 2.46. The van der Waals surface area contributed by atoms with Gasteiger partial charge in [-0.15, -0.1) is 0 Å². The quantitative estimate of drug-likeness (QED) is 0.539. The second-order valence-electron chi connectivity index (χ2n) is 5.57. The number of amides is 2. The molecule has 2 aliphatic carbocycles. The third-order valence-corrected chi connectivity index (χ3v) is 3.93. The fourth-order valence-corrected chi connectivity index (χ4v) is 2.62. The maximum absolute atomic E-state index is 14.1. The highest BCUT2D eigenvalue weighted by Gasteiger charge is 2.65. The van der Waals surface area contributed by atoms with Gasteiger partial charge in [-0.2, -0.15) is 13.2 Å². The Labute approximate surface area is 122 Å². The summed E-state index contributed by atoms with van der Waals surface area (Å²) in [5, 5.41) is 1.64. The molecule has 0 aromatic heterocycles. The molecule has 1 fully saturated rings. The average molecular weight is 318 g/mol. The van der Waals surface area contributed by atoms with E-state index in [1.165, 1.54) is 0 Å². The molecule has 2 amide bonds. The summed E-state index contributed by atoms with van der Waals surface area (Å²) in [6.45, 7) is 0. The Bertz CT molecular complexity index is 650. The molecule has 118 valence electrons. The maximum atomic E-state index is 14.1. The zero-order valence-electron chi connectivity index (χ0n) is 11.2. The van der Waals surface area contributed by atoms with Crippen molar-refractivity contribution in [2.45, 2.75) is 37.4 Å². The van der Waals surface area contributed by atoms with Gasteiger partial charge in [0.1, 0.15) is 11.7 Å². The molecule has 0 radical (unpaired) electrons. The number of hydrogen-bond acceptors (Lipinski definition) is 1. The number of aliphatic imine (C=N–C) groups is 1. The Hall–Kier alpha value is -1.91. The van der Waals surface area contributed by atoms with Gasteiger partial charge in [0.15, 0.2) is 0 Å². The molecule has 2 atom stereocenters. The molecule has 0 bridgehead atoms. The largest absolute Gasteiger partial charge is 0.424 e. The molecule has 3 aliphatic rings. The first kappa shape index (κ1) is 15.0. The molecule has 2 unspecified atom stereocenters. The lowest BCUT2D eigenvalue weighted by Crippen LogP contribution is -2.66. The van der Waals surface area contributed by atoms with E-state index in [2.05, 4.69) is 10.9 Å². The molecule has 1 N–H and O–H groups in total. The second kappa shape index (κ2) is 4.80. The van der Waals surface area contributed by atoms with E-state index >= 15 is 0 Å². The minimum Gasteiger partial charge on any atom is -0.311 e. The lowest BCUT2D eigenvalue weighted by atomic mass is 9.74. The predicted molar refractivity (Wildman–Crippen MR) is 67.2 cm³/mol. The van der Waals surface area contributed by atoms with Crippen molar-refractivity contribution in [2.24, 2.45) is 16.8 Å². The molecule has 1 heterocycles. The van der Waals surface area contributed by atoms with Crippen LogP contribution in [0.5, 0.6) is 0 Å². The van der Waals surface area contributed by atoms with Crippen molar-refractivity contribution in [3.8, 4) is 11.8 Å². The van der Waals surface area contributed by atoms with E-state index in [0.29, 0.717) is 12.8 Å². The molecule has 3 nitrogen and oxygen atoms in total. The minimum absolute atomic E-state index is 0.195. The van der Waals surface area contributed by atoms with Crippen LogP contribution in [0.15, 0.2) is 16.6 Å². The van der Waals surface area contributed by atoms with Crippen LogP contribution in [0.4, 0.5) is 26.7 Å². The van der Waals surface area contributed by atoms with Crippen molar-refractivity contribution in [3.63, 3.8) is 0 Å². The summed E-state index contributed by atoms with van der Waals surface area (Å²) >= 11 is 0. The van der Waals surface area contributed by atoms with E-state index in [1.807, 2.05) is 5.92 Å². The van der Waals surface area contributed by atoms with Crippen LogP contribution in [0.1, 0.15) is 25.7 Å². The Morgan fingerprint density at radius 3 is 2.50 bits per heavy atom. The number of alkyl halides is 3. The van der Waals surface area contributed by atoms with Crippen molar-refractivity contribution < 1.29 is 26.7 Å². The van der Waals surface area contributed by atoms with Gasteiger partial charge in [-0.3, -0.25) is 0 Å². The summed E-state index contributed by atoms with van der Waals surface area (Å²) < 4.78 is 68.5. The number of nitrogens with one attached hydrogen (secondary N) is 1. The van der Waals surface area contributed by atoms with Crippen molar-refractivity contribution in [2.75, 3.05) is 0 Å². The topological polar surface area (TPSA) is 41.5 Å². The molecule has 0 spiro atoms. The summed E-state index contributed by atoms with van der Waals surface area (Å²) in [7, 11) is 0. The van der Waals surface area contributed by atoms with Gasteiger partial charge in [0, 0.05) is 18.1 Å². The second-order valence-corrected chi connectivity index (χ2v) is 5.57. The number of fused-ring (bicyclic) bond motifs is 1. The predicted octanol–water partition coefficient (Wildman–Crippen LogP) is 3.43. The first-order chi connectivity index (χ1) is 10.2. The van der Waals surface area contributed by atoms with Crippen LogP contribution in [-0.4, -0.2) is 23.5 Å². The molecular formula is C14H11F5N2O. The fraction of sp³-hybridized carbons (Fsp3) is 0.571.